The van der Waals surface area contributed by atoms with Gasteiger partial charge in [-0.3, -0.25) is 4.90 Å². The zero-order valence-electron chi connectivity index (χ0n) is 12.7. The summed E-state index contributed by atoms with van der Waals surface area (Å²) in [6, 6.07) is 1.39. The maximum absolute atomic E-state index is 5.71. The van der Waals surface area contributed by atoms with Gasteiger partial charge in [0.2, 0.25) is 0 Å². The molecule has 19 heavy (non-hydrogen) atoms. The first-order valence-electron chi connectivity index (χ1n) is 8.24. The number of likely N-dealkylation sites (N-methyl/N-ethyl adjacent to an activating group) is 1. The molecule has 3 nitrogen and oxygen atoms in total. The zero-order valence-corrected chi connectivity index (χ0v) is 12.7. The summed E-state index contributed by atoms with van der Waals surface area (Å²) in [6.07, 6.45) is 6.95. The van der Waals surface area contributed by atoms with E-state index in [1.54, 1.807) is 0 Å². The van der Waals surface area contributed by atoms with Gasteiger partial charge in [0.25, 0.3) is 0 Å². The molecular formula is C16H30N2O. The summed E-state index contributed by atoms with van der Waals surface area (Å²) in [4.78, 5) is 5.27. The third-order valence-electron chi connectivity index (χ3n) is 5.71. The topological polar surface area (TPSA) is 15.7 Å². The van der Waals surface area contributed by atoms with Crippen LogP contribution in [0.4, 0.5) is 0 Å². The Labute approximate surface area is 118 Å². The van der Waals surface area contributed by atoms with Crippen molar-refractivity contribution < 1.29 is 4.74 Å². The Bertz CT molecular complexity index is 274. The van der Waals surface area contributed by atoms with Gasteiger partial charge >= 0.3 is 0 Å². The molecule has 0 N–H and O–H groups in total. The van der Waals surface area contributed by atoms with Crippen LogP contribution in [0.15, 0.2) is 0 Å². The molecule has 3 fully saturated rings. The van der Waals surface area contributed by atoms with Crippen LogP contribution in [0.5, 0.6) is 0 Å². The molecule has 3 saturated heterocycles. The van der Waals surface area contributed by atoms with E-state index in [1.165, 1.54) is 51.7 Å². The largest absolute Gasteiger partial charge is 0.378 e. The van der Waals surface area contributed by atoms with Crippen molar-refractivity contribution in [1.29, 1.82) is 0 Å². The van der Waals surface area contributed by atoms with Crippen molar-refractivity contribution in [1.82, 2.24) is 9.80 Å². The van der Waals surface area contributed by atoms with E-state index >= 15 is 0 Å². The molecule has 3 heterocycles. The van der Waals surface area contributed by atoms with E-state index in [2.05, 4.69) is 23.8 Å². The van der Waals surface area contributed by atoms with Gasteiger partial charge in [0, 0.05) is 12.1 Å². The van der Waals surface area contributed by atoms with Crippen LogP contribution in [-0.4, -0.2) is 61.8 Å². The van der Waals surface area contributed by atoms with Crippen molar-refractivity contribution in [3.63, 3.8) is 0 Å². The molecule has 2 unspecified atom stereocenters. The van der Waals surface area contributed by atoms with Gasteiger partial charge in [0.15, 0.2) is 0 Å². The fourth-order valence-electron chi connectivity index (χ4n) is 4.09. The van der Waals surface area contributed by atoms with Crippen LogP contribution >= 0.6 is 0 Å². The Morgan fingerprint density at radius 3 is 2.32 bits per heavy atom. The SMILES string of the molecule is CC1CCN(CCC2CC3COCC(C2)N3C)CC1. The number of rotatable bonds is 3. The first kappa shape index (κ1) is 13.8. The third-order valence-corrected chi connectivity index (χ3v) is 5.71. The van der Waals surface area contributed by atoms with Crippen LogP contribution in [0.1, 0.15) is 39.0 Å². The van der Waals surface area contributed by atoms with Gasteiger partial charge in [-0.1, -0.05) is 6.92 Å². The van der Waals surface area contributed by atoms with Crippen LogP contribution in [-0.2, 0) is 4.74 Å². The lowest BCUT2D eigenvalue weighted by atomic mass is 9.83. The summed E-state index contributed by atoms with van der Waals surface area (Å²) in [5, 5.41) is 0. The van der Waals surface area contributed by atoms with Crippen molar-refractivity contribution in [2.45, 2.75) is 51.1 Å². The number of piperidine rings is 2. The van der Waals surface area contributed by atoms with Crippen LogP contribution < -0.4 is 0 Å². The molecule has 3 rings (SSSR count). The van der Waals surface area contributed by atoms with Gasteiger partial charge in [-0.2, -0.15) is 0 Å². The molecule has 3 heteroatoms. The fourth-order valence-corrected chi connectivity index (χ4v) is 4.09. The molecule has 0 aromatic carbocycles. The number of likely N-dealkylation sites (tertiary alicyclic amines) is 1. The lowest BCUT2D eigenvalue weighted by Gasteiger charge is -2.47. The second kappa shape index (κ2) is 6.11. The number of fused-ring (bicyclic) bond motifs is 2. The van der Waals surface area contributed by atoms with E-state index < -0.39 is 0 Å². The lowest BCUT2D eigenvalue weighted by molar-refractivity contribution is -0.0764. The standard InChI is InChI=1S/C16H30N2O/c1-13-3-6-18(7-4-13)8-5-14-9-15-11-19-12-16(10-14)17(15)2/h13-16H,3-12H2,1-2H3. The highest BCUT2D eigenvalue weighted by atomic mass is 16.5. The molecule has 2 bridgehead atoms. The minimum Gasteiger partial charge on any atom is -0.378 e. The average Bonchev–Trinajstić information content (AvgIpc) is 2.39. The zero-order chi connectivity index (χ0) is 13.2. The Morgan fingerprint density at radius 1 is 1.05 bits per heavy atom. The predicted molar refractivity (Wildman–Crippen MR) is 78.3 cm³/mol. The number of ether oxygens (including phenoxy) is 1. The minimum absolute atomic E-state index is 0.693. The van der Waals surface area contributed by atoms with Gasteiger partial charge < -0.3 is 9.64 Å². The monoisotopic (exact) mass is 266 g/mol. The molecule has 0 spiro atoms. The summed E-state index contributed by atoms with van der Waals surface area (Å²) in [5.41, 5.74) is 0. The van der Waals surface area contributed by atoms with Gasteiger partial charge in [-0.15, -0.1) is 0 Å². The maximum Gasteiger partial charge on any atom is 0.0622 e. The molecule has 0 amide bonds. The lowest BCUT2D eigenvalue weighted by Crippen LogP contribution is -2.55. The average molecular weight is 266 g/mol. The van der Waals surface area contributed by atoms with Gasteiger partial charge in [0.05, 0.1) is 13.2 Å². The Balaban J connectivity index is 1.43. The Kier molecular flexibility index (Phi) is 4.45. The smallest absolute Gasteiger partial charge is 0.0622 e. The van der Waals surface area contributed by atoms with E-state index in [9.17, 15) is 0 Å². The number of morpholine rings is 1. The van der Waals surface area contributed by atoms with Gasteiger partial charge in [-0.05, 0) is 70.6 Å². The summed E-state index contributed by atoms with van der Waals surface area (Å²) >= 11 is 0. The van der Waals surface area contributed by atoms with Crippen LogP contribution in [0.2, 0.25) is 0 Å². The second-order valence-corrected chi connectivity index (χ2v) is 7.16. The normalized spacial score (nSPS) is 38.5. The molecule has 3 aliphatic heterocycles. The third kappa shape index (κ3) is 3.32. The highest BCUT2D eigenvalue weighted by Crippen LogP contribution is 2.32. The Morgan fingerprint density at radius 2 is 1.68 bits per heavy atom. The number of nitrogens with zero attached hydrogens (tertiary/aromatic N) is 2. The van der Waals surface area contributed by atoms with Gasteiger partial charge in [-0.25, -0.2) is 0 Å². The molecule has 0 radical (unpaired) electrons. The molecular weight excluding hydrogens is 236 g/mol. The molecule has 2 atom stereocenters. The van der Waals surface area contributed by atoms with E-state index in [0.29, 0.717) is 12.1 Å². The van der Waals surface area contributed by atoms with Crippen LogP contribution in [0.3, 0.4) is 0 Å². The van der Waals surface area contributed by atoms with E-state index in [4.69, 9.17) is 4.74 Å². The summed E-state index contributed by atoms with van der Waals surface area (Å²) in [7, 11) is 2.29. The molecule has 3 aliphatic rings. The molecule has 0 aliphatic carbocycles. The molecule has 0 aromatic heterocycles. The first-order chi connectivity index (χ1) is 9.22. The van der Waals surface area contributed by atoms with E-state index in [0.717, 1.165) is 25.0 Å². The highest BCUT2D eigenvalue weighted by molar-refractivity contribution is 4.90. The van der Waals surface area contributed by atoms with Crippen molar-refractivity contribution in [2.75, 3.05) is 39.9 Å². The van der Waals surface area contributed by atoms with Gasteiger partial charge in [0.1, 0.15) is 0 Å². The quantitative estimate of drug-likeness (QED) is 0.779. The number of hydrogen-bond donors (Lipinski definition) is 0. The van der Waals surface area contributed by atoms with Crippen molar-refractivity contribution in [3.05, 3.63) is 0 Å². The minimum atomic E-state index is 0.693. The van der Waals surface area contributed by atoms with E-state index in [-0.39, 0.29) is 0 Å². The highest BCUT2D eigenvalue weighted by Gasteiger charge is 2.36. The fraction of sp³-hybridized carbons (Fsp3) is 1.00. The summed E-state index contributed by atoms with van der Waals surface area (Å²) in [6.45, 7) is 8.33. The summed E-state index contributed by atoms with van der Waals surface area (Å²) < 4.78 is 5.71. The molecule has 0 saturated carbocycles. The maximum atomic E-state index is 5.71. The predicted octanol–water partition coefficient (Wildman–Crippen LogP) is 2.22. The Hall–Kier alpha value is -0.120. The van der Waals surface area contributed by atoms with Crippen LogP contribution in [0.25, 0.3) is 0 Å². The molecule has 110 valence electrons. The first-order valence-corrected chi connectivity index (χ1v) is 8.24. The number of hydrogen-bond acceptors (Lipinski definition) is 3. The van der Waals surface area contributed by atoms with Crippen molar-refractivity contribution in [3.8, 4) is 0 Å². The van der Waals surface area contributed by atoms with Crippen LogP contribution in [0, 0.1) is 11.8 Å². The summed E-state index contributed by atoms with van der Waals surface area (Å²) in [5.74, 6) is 1.89. The van der Waals surface area contributed by atoms with E-state index in [1.807, 2.05) is 0 Å². The second-order valence-electron chi connectivity index (χ2n) is 7.16. The van der Waals surface area contributed by atoms with Crippen molar-refractivity contribution in [2.24, 2.45) is 11.8 Å². The van der Waals surface area contributed by atoms with Crippen molar-refractivity contribution >= 4 is 0 Å². The molecule has 0 aromatic rings.